The van der Waals surface area contributed by atoms with Crippen LogP contribution in [0.5, 0.6) is 0 Å². The van der Waals surface area contributed by atoms with Gasteiger partial charge in [0.25, 0.3) is 0 Å². The number of allylic oxidation sites excluding steroid dienone is 4. The largest absolute Gasteiger partial charge is 0.289 e. The van der Waals surface area contributed by atoms with Gasteiger partial charge in [-0.05, 0) is 76.8 Å². The van der Waals surface area contributed by atoms with Crippen LogP contribution in [0.2, 0.25) is 0 Å². The number of carbonyl (C=O) groups excluding carboxylic acids is 1. The maximum absolute atomic E-state index is 13.1. The molecule has 0 bridgehead atoms. The van der Waals surface area contributed by atoms with Crippen LogP contribution in [0.15, 0.2) is 97.1 Å². The number of benzene rings is 3. The van der Waals surface area contributed by atoms with Crippen LogP contribution in [0.25, 0.3) is 11.1 Å². The van der Waals surface area contributed by atoms with Crippen molar-refractivity contribution in [2.75, 3.05) is 0 Å². The Hall–Kier alpha value is -3.19. The van der Waals surface area contributed by atoms with E-state index in [9.17, 15) is 4.79 Å². The molecule has 0 aliphatic heterocycles. The van der Waals surface area contributed by atoms with Crippen molar-refractivity contribution in [3.05, 3.63) is 119 Å². The maximum Gasteiger partial charge on any atom is 0.194 e. The summed E-state index contributed by atoms with van der Waals surface area (Å²) in [7, 11) is 0. The second-order valence-corrected chi connectivity index (χ2v) is 10.8. The lowest BCUT2D eigenvalue weighted by molar-refractivity contribution is -0.108. The van der Waals surface area contributed by atoms with Gasteiger partial charge in [0.15, 0.2) is 5.78 Å². The molecule has 0 amide bonds. The Morgan fingerprint density at radius 1 is 0.714 bits per heavy atom. The highest BCUT2D eigenvalue weighted by molar-refractivity contribution is 6.45. The summed E-state index contributed by atoms with van der Waals surface area (Å²) in [6, 6.07) is 30.0. The van der Waals surface area contributed by atoms with Crippen molar-refractivity contribution in [1.82, 2.24) is 0 Å². The molecule has 3 atom stereocenters. The molecular formula is C34H36O. The zero-order valence-electron chi connectivity index (χ0n) is 21.3. The minimum absolute atomic E-state index is 0.118. The molecule has 2 aliphatic carbocycles. The Labute approximate surface area is 210 Å². The molecule has 1 heteroatoms. The van der Waals surface area contributed by atoms with Gasteiger partial charge in [-0.1, -0.05) is 112 Å². The van der Waals surface area contributed by atoms with Gasteiger partial charge in [-0.3, -0.25) is 4.79 Å². The molecule has 0 aromatic heterocycles. The SMILES string of the molecule is CCC1(C)CCC(CC)(Cc2ccc(C3=CC=C(c4ccccc4)C3=O)cc2)C1c1ccccc1. The average molecular weight is 461 g/mol. The topological polar surface area (TPSA) is 17.1 Å². The maximum atomic E-state index is 13.1. The van der Waals surface area contributed by atoms with Crippen LogP contribution in [0.3, 0.4) is 0 Å². The van der Waals surface area contributed by atoms with E-state index in [1.165, 1.54) is 36.8 Å². The summed E-state index contributed by atoms with van der Waals surface area (Å²) in [5, 5.41) is 0. The number of Topliss-reactive ketones (excluding diaryl/α,β-unsaturated/α-hetero) is 1. The van der Waals surface area contributed by atoms with Crippen LogP contribution in [0.1, 0.15) is 74.6 Å². The Bertz CT molecular complexity index is 1250. The first-order chi connectivity index (χ1) is 17.0. The van der Waals surface area contributed by atoms with E-state index in [2.05, 4.69) is 75.4 Å². The van der Waals surface area contributed by atoms with E-state index < -0.39 is 0 Å². The zero-order chi connectivity index (χ0) is 24.5. The number of carbonyl (C=O) groups is 1. The molecule has 1 saturated carbocycles. The fourth-order valence-corrected chi connectivity index (χ4v) is 6.79. The molecule has 1 nitrogen and oxygen atoms in total. The monoisotopic (exact) mass is 460 g/mol. The summed E-state index contributed by atoms with van der Waals surface area (Å²) in [5.74, 6) is 0.676. The Morgan fingerprint density at radius 2 is 1.29 bits per heavy atom. The molecule has 35 heavy (non-hydrogen) atoms. The number of ketones is 1. The predicted molar refractivity (Wildman–Crippen MR) is 147 cm³/mol. The number of hydrogen-bond acceptors (Lipinski definition) is 1. The standard InChI is InChI=1S/C34H36O/c1-4-33(3)22-23-34(5-2,32(33)28-14-10-7-11-15-28)24-25-16-18-27(19-17-25)30-21-20-29(31(30)35)26-12-8-6-9-13-26/h6-21,32H,4-5,22-24H2,1-3H3. The molecule has 0 spiro atoms. The molecule has 3 aromatic carbocycles. The first-order valence-corrected chi connectivity index (χ1v) is 13.2. The van der Waals surface area contributed by atoms with Crippen molar-refractivity contribution in [2.45, 2.75) is 58.8 Å². The van der Waals surface area contributed by atoms with Crippen molar-refractivity contribution in [2.24, 2.45) is 10.8 Å². The van der Waals surface area contributed by atoms with E-state index in [4.69, 9.17) is 0 Å². The van der Waals surface area contributed by atoms with Crippen LogP contribution in [-0.4, -0.2) is 5.78 Å². The van der Waals surface area contributed by atoms with Gasteiger partial charge in [0.05, 0.1) is 0 Å². The summed E-state index contributed by atoms with van der Waals surface area (Å²) in [6.07, 6.45) is 9.95. The van der Waals surface area contributed by atoms with Gasteiger partial charge in [-0.2, -0.15) is 0 Å². The highest BCUT2D eigenvalue weighted by Gasteiger charge is 2.53. The molecule has 0 radical (unpaired) electrons. The van der Waals surface area contributed by atoms with Crippen LogP contribution in [0, 0.1) is 10.8 Å². The van der Waals surface area contributed by atoms with E-state index in [1.807, 2.05) is 42.5 Å². The first-order valence-electron chi connectivity index (χ1n) is 13.2. The highest BCUT2D eigenvalue weighted by atomic mass is 16.1. The molecule has 178 valence electrons. The van der Waals surface area contributed by atoms with Crippen LogP contribution < -0.4 is 0 Å². The highest BCUT2D eigenvalue weighted by Crippen LogP contribution is 2.63. The summed E-state index contributed by atoms with van der Waals surface area (Å²) in [6.45, 7) is 7.24. The number of hydrogen-bond donors (Lipinski definition) is 0. The van der Waals surface area contributed by atoms with Gasteiger partial charge in [0.2, 0.25) is 0 Å². The van der Waals surface area contributed by atoms with Gasteiger partial charge in [-0.15, -0.1) is 0 Å². The Kier molecular flexibility index (Phi) is 6.36. The molecule has 0 saturated heterocycles. The fourth-order valence-electron chi connectivity index (χ4n) is 6.79. The van der Waals surface area contributed by atoms with Crippen LogP contribution >= 0.6 is 0 Å². The minimum Gasteiger partial charge on any atom is -0.289 e. The molecule has 2 aliphatic rings. The van der Waals surface area contributed by atoms with E-state index in [-0.39, 0.29) is 11.2 Å². The minimum atomic E-state index is 0.118. The van der Waals surface area contributed by atoms with E-state index >= 15 is 0 Å². The van der Waals surface area contributed by atoms with Crippen LogP contribution in [0.4, 0.5) is 0 Å². The third kappa shape index (κ3) is 4.22. The van der Waals surface area contributed by atoms with E-state index in [1.54, 1.807) is 0 Å². The molecule has 3 unspecified atom stereocenters. The summed E-state index contributed by atoms with van der Waals surface area (Å²) in [5.41, 5.74) is 7.03. The van der Waals surface area contributed by atoms with Gasteiger partial charge >= 0.3 is 0 Å². The molecule has 5 rings (SSSR count). The van der Waals surface area contributed by atoms with Gasteiger partial charge < -0.3 is 0 Å². The van der Waals surface area contributed by atoms with E-state index in [0.29, 0.717) is 11.3 Å². The number of rotatable bonds is 7. The van der Waals surface area contributed by atoms with Crippen LogP contribution in [-0.2, 0) is 11.2 Å². The zero-order valence-corrected chi connectivity index (χ0v) is 21.3. The Balaban J connectivity index is 1.38. The lowest BCUT2D eigenvalue weighted by atomic mass is 9.62. The van der Waals surface area contributed by atoms with Gasteiger partial charge in [0, 0.05) is 11.1 Å². The quantitative estimate of drug-likeness (QED) is 0.345. The van der Waals surface area contributed by atoms with Gasteiger partial charge in [-0.25, -0.2) is 0 Å². The second kappa shape index (κ2) is 9.46. The third-order valence-electron chi connectivity index (χ3n) is 8.96. The predicted octanol–water partition coefficient (Wildman–Crippen LogP) is 8.67. The fraction of sp³-hybridized carbons (Fsp3) is 0.324. The van der Waals surface area contributed by atoms with Gasteiger partial charge in [0.1, 0.15) is 0 Å². The summed E-state index contributed by atoms with van der Waals surface area (Å²) in [4.78, 5) is 13.1. The van der Waals surface area contributed by atoms with Crippen molar-refractivity contribution in [3.8, 4) is 0 Å². The molecular weight excluding hydrogens is 424 g/mol. The third-order valence-corrected chi connectivity index (χ3v) is 8.96. The molecule has 0 heterocycles. The van der Waals surface area contributed by atoms with Crippen molar-refractivity contribution in [1.29, 1.82) is 0 Å². The van der Waals surface area contributed by atoms with Crippen molar-refractivity contribution >= 4 is 16.9 Å². The normalized spacial score (nSPS) is 26.0. The Morgan fingerprint density at radius 3 is 1.86 bits per heavy atom. The second-order valence-electron chi connectivity index (χ2n) is 10.8. The average Bonchev–Trinajstić information content (AvgIpc) is 3.43. The smallest absolute Gasteiger partial charge is 0.194 e. The first kappa shape index (κ1) is 23.5. The summed E-state index contributed by atoms with van der Waals surface area (Å²) < 4.78 is 0. The van der Waals surface area contributed by atoms with Crippen molar-refractivity contribution < 1.29 is 4.79 Å². The summed E-state index contributed by atoms with van der Waals surface area (Å²) >= 11 is 0. The van der Waals surface area contributed by atoms with Crippen molar-refractivity contribution in [3.63, 3.8) is 0 Å². The lowest BCUT2D eigenvalue weighted by Crippen LogP contribution is -2.32. The molecule has 3 aromatic rings. The van der Waals surface area contributed by atoms with E-state index in [0.717, 1.165) is 28.7 Å². The molecule has 1 fully saturated rings. The lowest BCUT2D eigenvalue weighted by Gasteiger charge is -2.42. The molecule has 0 N–H and O–H groups in total.